The van der Waals surface area contributed by atoms with Gasteiger partial charge in [0, 0.05) is 19.3 Å². The van der Waals surface area contributed by atoms with Gasteiger partial charge in [-0.15, -0.1) is 0 Å². The third-order valence-corrected chi connectivity index (χ3v) is 3.55. The molecule has 1 aromatic rings. The zero-order chi connectivity index (χ0) is 13.5. The van der Waals surface area contributed by atoms with Crippen LogP contribution in [0.2, 0.25) is 0 Å². The van der Waals surface area contributed by atoms with E-state index in [4.69, 9.17) is 4.74 Å². The number of piperidine rings is 1. The fourth-order valence-corrected chi connectivity index (χ4v) is 2.66. The van der Waals surface area contributed by atoms with E-state index < -0.39 is 0 Å². The van der Waals surface area contributed by atoms with Crippen molar-refractivity contribution in [1.82, 2.24) is 10.3 Å². The molecule has 106 valence electrons. The van der Waals surface area contributed by atoms with E-state index in [0.717, 1.165) is 37.7 Å². The number of hydrogen-bond donors (Lipinski definition) is 1. The predicted molar refractivity (Wildman–Crippen MR) is 78.9 cm³/mol. The molecule has 4 nitrogen and oxygen atoms in total. The van der Waals surface area contributed by atoms with Crippen LogP contribution in [0.3, 0.4) is 0 Å². The van der Waals surface area contributed by atoms with Gasteiger partial charge >= 0.3 is 0 Å². The number of pyridine rings is 1. The molecule has 19 heavy (non-hydrogen) atoms. The highest BCUT2D eigenvalue weighted by molar-refractivity contribution is 5.52. The van der Waals surface area contributed by atoms with Crippen molar-refractivity contribution in [1.29, 1.82) is 0 Å². The van der Waals surface area contributed by atoms with Crippen LogP contribution in [0.15, 0.2) is 18.3 Å². The number of rotatable bonds is 6. The van der Waals surface area contributed by atoms with Gasteiger partial charge in [-0.2, -0.15) is 0 Å². The first-order valence-corrected chi connectivity index (χ1v) is 7.38. The molecule has 0 spiro atoms. The Labute approximate surface area is 116 Å². The fourth-order valence-electron chi connectivity index (χ4n) is 2.66. The molecule has 1 atom stereocenters. The van der Waals surface area contributed by atoms with E-state index in [0.29, 0.717) is 12.5 Å². The largest absolute Gasteiger partial charge is 0.490 e. The summed E-state index contributed by atoms with van der Waals surface area (Å²) in [6.07, 6.45) is 4.39. The van der Waals surface area contributed by atoms with Gasteiger partial charge in [-0.1, -0.05) is 6.92 Å². The van der Waals surface area contributed by atoms with Gasteiger partial charge in [0.1, 0.15) is 0 Å². The molecule has 4 heteroatoms. The number of nitrogens with zero attached hydrogens (tertiary/aromatic N) is 2. The lowest BCUT2D eigenvalue weighted by molar-refractivity contribution is 0.334. The maximum absolute atomic E-state index is 5.69. The molecule has 2 heterocycles. The van der Waals surface area contributed by atoms with E-state index in [2.05, 4.69) is 22.1 Å². The molecular weight excluding hydrogens is 238 g/mol. The zero-order valence-electron chi connectivity index (χ0n) is 12.1. The highest BCUT2D eigenvalue weighted by atomic mass is 16.5. The average molecular weight is 263 g/mol. The Morgan fingerprint density at radius 3 is 3.16 bits per heavy atom. The Morgan fingerprint density at radius 2 is 2.37 bits per heavy atom. The SMILES string of the molecule is CCNCC1CCCN(c2ncccc2OCC)C1. The summed E-state index contributed by atoms with van der Waals surface area (Å²) in [6.45, 7) is 9.17. The summed E-state index contributed by atoms with van der Waals surface area (Å²) in [4.78, 5) is 6.89. The molecule has 1 aliphatic rings. The maximum atomic E-state index is 5.69. The number of aromatic nitrogens is 1. The number of nitrogens with one attached hydrogen (secondary N) is 1. The van der Waals surface area contributed by atoms with Crippen LogP contribution in [0.4, 0.5) is 5.82 Å². The van der Waals surface area contributed by atoms with Crippen LogP contribution in [0.25, 0.3) is 0 Å². The molecule has 0 aromatic carbocycles. The van der Waals surface area contributed by atoms with Crippen LogP contribution in [0.1, 0.15) is 26.7 Å². The lowest BCUT2D eigenvalue weighted by Crippen LogP contribution is -2.40. The molecule has 1 aliphatic heterocycles. The normalized spacial score (nSPS) is 19.5. The topological polar surface area (TPSA) is 37.4 Å². The maximum Gasteiger partial charge on any atom is 0.171 e. The van der Waals surface area contributed by atoms with E-state index >= 15 is 0 Å². The third kappa shape index (κ3) is 3.83. The van der Waals surface area contributed by atoms with Crippen molar-refractivity contribution < 1.29 is 4.74 Å². The standard InChI is InChI=1S/C15H25N3O/c1-3-16-11-13-7-6-10-18(12-13)15-14(19-4-2)8-5-9-17-15/h5,8-9,13,16H,3-4,6-7,10-12H2,1-2H3. The van der Waals surface area contributed by atoms with E-state index in [9.17, 15) is 0 Å². The second-order valence-corrected chi connectivity index (χ2v) is 5.02. The Balaban J connectivity index is 2.04. The second-order valence-electron chi connectivity index (χ2n) is 5.02. The van der Waals surface area contributed by atoms with Crippen LogP contribution in [-0.2, 0) is 0 Å². The lowest BCUT2D eigenvalue weighted by Gasteiger charge is -2.34. The third-order valence-electron chi connectivity index (χ3n) is 3.55. The van der Waals surface area contributed by atoms with E-state index in [1.807, 2.05) is 25.3 Å². The van der Waals surface area contributed by atoms with E-state index in [1.165, 1.54) is 12.8 Å². The monoisotopic (exact) mass is 263 g/mol. The van der Waals surface area contributed by atoms with Crippen LogP contribution < -0.4 is 15.0 Å². The van der Waals surface area contributed by atoms with Crippen LogP contribution in [0, 0.1) is 5.92 Å². The molecule has 0 saturated carbocycles. The first kappa shape index (κ1) is 14.1. The Morgan fingerprint density at radius 1 is 1.47 bits per heavy atom. The van der Waals surface area contributed by atoms with Crippen molar-refractivity contribution >= 4 is 5.82 Å². The van der Waals surface area contributed by atoms with Gasteiger partial charge in [0.15, 0.2) is 11.6 Å². The predicted octanol–water partition coefficient (Wildman–Crippen LogP) is 2.31. The molecule has 1 unspecified atom stereocenters. The van der Waals surface area contributed by atoms with E-state index in [-0.39, 0.29) is 0 Å². The molecule has 2 rings (SSSR count). The quantitative estimate of drug-likeness (QED) is 0.854. The number of hydrogen-bond acceptors (Lipinski definition) is 4. The van der Waals surface area contributed by atoms with Crippen LogP contribution in [0.5, 0.6) is 5.75 Å². The lowest BCUT2D eigenvalue weighted by atomic mass is 9.98. The Kier molecular flexibility index (Phi) is 5.45. The summed E-state index contributed by atoms with van der Waals surface area (Å²) in [6, 6.07) is 3.95. The van der Waals surface area contributed by atoms with Crippen molar-refractivity contribution in [2.75, 3.05) is 37.7 Å². The molecule has 0 amide bonds. The fraction of sp³-hybridized carbons (Fsp3) is 0.667. The smallest absolute Gasteiger partial charge is 0.171 e. The number of anilines is 1. The minimum Gasteiger partial charge on any atom is -0.490 e. The molecular formula is C15H25N3O. The molecule has 0 radical (unpaired) electrons. The van der Waals surface area contributed by atoms with E-state index in [1.54, 1.807) is 0 Å². The highest BCUT2D eigenvalue weighted by Gasteiger charge is 2.22. The second kappa shape index (κ2) is 7.34. The van der Waals surface area contributed by atoms with Gasteiger partial charge in [-0.25, -0.2) is 4.98 Å². The van der Waals surface area contributed by atoms with Crippen LogP contribution >= 0.6 is 0 Å². The van der Waals surface area contributed by atoms with Crippen molar-refractivity contribution in [2.45, 2.75) is 26.7 Å². The summed E-state index contributed by atoms with van der Waals surface area (Å²) in [5.41, 5.74) is 0. The van der Waals surface area contributed by atoms with Crippen molar-refractivity contribution in [3.8, 4) is 5.75 Å². The minimum atomic E-state index is 0.688. The first-order chi connectivity index (χ1) is 9.35. The zero-order valence-corrected chi connectivity index (χ0v) is 12.1. The average Bonchev–Trinajstić information content (AvgIpc) is 2.46. The Bertz CT molecular complexity index is 383. The van der Waals surface area contributed by atoms with Gasteiger partial charge < -0.3 is 15.0 Å². The summed E-state index contributed by atoms with van der Waals surface area (Å²) in [7, 11) is 0. The van der Waals surface area contributed by atoms with Gasteiger partial charge in [0.05, 0.1) is 6.61 Å². The molecule has 1 fully saturated rings. The summed E-state index contributed by atoms with van der Waals surface area (Å²) in [5, 5.41) is 3.45. The van der Waals surface area contributed by atoms with Crippen LogP contribution in [-0.4, -0.2) is 37.8 Å². The molecule has 0 bridgehead atoms. The molecule has 0 aliphatic carbocycles. The van der Waals surface area contributed by atoms with Crippen molar-refractivity contribution in [3.05, 3.63) is 18.3 Å². The van der Waals surface area contributed by atoms with Gasteiger partial charge in [-0.05, 0) is 50.9 Å². The molecule has 1 saturated heterocycles. The van der Waals surface area contributed by atoms with Gasteiger partial charge in [0.2, 0.25) is 0 Å². The summed E-state index contributed by atoms with van der Waals surface area (Å²) < 4.78 is 5.69. The highest BCUT2D eigenvalue weighted by Crippen LogP contribution is 2.29. The minimum absolute atomic E-state index is 0.688. The molecule has 1 N–H and O–H groups in total. The number of ether oxygens (including phenoxy) is 1. The van der Waals surface area contributed by atoms with Gasteiger partial charge in [0.25, 0.3) is 0 Å². The van der Waals surface area contributed by atoms with Crippen molar-refractivity contribution in [2.24, 2.45) is 5.92 Å². The van der Waals surface area contributed by atoms with Gasteiger partial charge in [-0.3, -0.25) is 0 Å². The van der Waals surface area contributed by atoms with Crippen molar-refractivity contribution in [3.63, 3.8) is 0 Å². The summed E-state index contributed by atoms with van der Waals surface area (Å²) in [5.74, 6) is 2.63. The molecule has 1 aromatic heterocycles. The summed E-state index contributed by atoms with van der Waals surface area (Å²) >= 11 is 0. The first-order valence-electron chi connectivity index (χ1n) is 7.38. The Hall–Kier alpha value is -1.29.